The van der Waals surface area contributed by atoms with Crippen molar-refractivity contribution >= 4 is 5.78 Å². The highest BCUT2D eigenvalue weighted by molar-refractivity contribution is 5.98. The van der Waals surface area contributed by atoms with Gasteiger partial charge in [-0.25, -0.2) is 0 Å². The van der Waals surface area contributed by atoms with Gasteiger partial charge in [-0.05, 0) is 50.5 Å². The van der Waals surface area contributed by atoms with Gasteiger partial charge in [0.25, 0.3) is 0 Å². The minimum atomic E-state index is -0.350. The lowest BCUT2D eigenvalue weighted by molar-refractivity contribution is -0.0391. The number of nitrogens with one attached hydrogen (secondary N) is 1. The molecular formula is C21H35N3O. The number of Topliss-reactive ketones (excluding diaryl/α,β-unsaturated/α-hetero) is 1. The first-order valence-electron chi connectivity index (χ1n) is 9.67. The highest BCUT2D eigenvalue weighted by Crippen LogP contribution is 2.46. The first-order valence-corrected chi connectivity index (χ1v) is 9.67. The molecule has 0 aromatic carbocycles. The maximum absolute atomic E-state index is 13.1. The highest BCUT2D eigenvalue weighted by Gasteiger charge is 2.49. The molecule has 1 atom stereocenters. The number of ketones is 1. The molecule has 1 saturated heterocycles. The molecule has 0 radical (unpaired) electrons. The smallest absolute Gasteiger partial charge is 0.184 e. The molecule has 3 rings (SSSR count). The molecule has 2 aliphatic heterocycles. The second-order valence-corrected chi connectivity index (χ2v) is 10.1. The average molecular weight is 346 g/mol. The van der Waals surface area contributed by atoms with E-state index in [0.717, 1.165) is 38.2 Å². The summed E-state index contributed by atoms with van der Waals surface area (Å²) in [5.74, 6) is 0.250. The third-order valence-electron chi connectivity index (χ3n) is 6.30. The van der Waals surface area contributed by atoms with E-state index in [9.17, 15) is 4.79 Å². The Morgan fingerprint density at radius 3 is 2.24 bits per heavy atom. The fourth-order valence-corrected chi connectivity index (χ4v) is 4.73. The van der Waals surface area contributed by atoms with Crippen LogP contribution in [0.2, 0.25) is 0 Å². The monoisotopic (exact) mass is 345 g/mol. The molecular weight excluding hydrogens is 310 g/mol. The third kappa shape index (κ3) is 2.97. The summed E-state index contributed by atoms with van der Waals surface area (Å²) in [6.45, 7) is 16.0. The van der Waals surface area contributed by atoms with Gasteiger partial charge in [0.05, 0.1) is 11.2 Å². The lowest BCUT2D eigenvalue weighted by atomic mass is 9.75. The predicted molar refractivity (Wildman–Crippen MR) is 103 cm³/mol. The zero-order valence-corrected chi connectivity index (χ0v) is 17.1. The second-order valence-electron chi connectivity index (χ2n) is 10.1. The van der Waals surface area contributed by atoms with E-state index in [4.69, 9.17) is 0 Å². The minimum Gasteiger partial charge on any atom is -0.339 e. The molecule has 0 aliphatic carbocycles. The molecule has 1 unspecified atom stereocenters. The molecule has 1 aromatic heterocycles. The molecule has 2 aliphatic rings. The van der Waals surface area contributed by atoms with Gasteiger partial charge in [-0.3, -0.25) is 9.69 Å². The van der Waals surface area contributed by atoms with Crippen molar-refractivity contribution in [3.63, 3.8) is 0 Å². The van der Waals surface area contributed by atoms with Crippen molar-refractivity contribution in [1.82, 2.24) is 14.8 Å². The van der Waals surface area contributed by atoms with Crippen LogP contribution in [-0.2, 0) is 12.1 Å². The van der Waals surface area contributed by atoms with Crippen molar-refractivity contribution in [3.05, 3.63) is 23.5 Å². The normalized spacial score (nSPS) is 24.4. The maximum atomic E-state index is 13.1. The number of hydrogen-bond donors (Lipinski definition) is 1. The number of hydrogen-bond acceptors (Lipinski definition) is 3. The fourth-order valence-electron chi connectivity index (χ4n) is 4.73. The van der Waals surface area contributed by atoms with E-state index in [1.165, 1.54) is 5.69 Å². The first-order chi connectivity index (χ1) is 11.5. The number of piperidine rings is 1. The Balaban J connectivity index is 2.15. The summed E-state index contributed by atoms with van der Waals surface area (Å²) < 4.78 is 2.36. The third-order valence-corrected chi connectivity index (χ3v) is 6.30. The Morgan fingerprint density at radius 1 is 1.12 bits per heavy atom. The summed E-state index contributed by atoms with van der Waals surface area (Å²) in [5, 5.41) is 3.51. The quantitative estimate of drug-likeness (QED) is 0.789. The Morgan fingerprint density at radius 2 is 1.72 bits per heavy atom. The molecule has 0 saturated carbocycles. The van der Waals surface area contributed by atoms with Crippen LogP contribution in [0.5, 0.6) is 0 Å². The molecule has 1 aromatic rings. The van der Waals surface area contributed by atoms with E-state index in [0.29, 0.717) is 6.04 Å². The van der Waals surface area contributed by atoms with Crippen molar-refractivity contribution < 1.29 is 4.79 Å². The maximum Gasteiger partial charge on any atom is 0.184 e. The lowest BCUT2D eigenvalue weighted by Crippen LogP contribution is -2.62. The number of nitrogens with zero attached hydrogens (tertiary/aromatic N) is 2. The van der Waals surface area contributed by atoms with Crippen LogP contribution in [-0.4, -0.2) is 41.4 Å². The van der Waals surface area contributed by atoms with Crippen LogP contribution in [0.25, 0.3) is 0 Å². The van der Waals surface area contributed by atoms with Crippen LogP contribution in [0.3, 0.4) is 0 Å². The van der Waals surface area contributed by atoms with Crippen molar-refractivity contribution in [2.24, 2.45) is 10.8 Å². The number of carbonyl (C=O) groups excluding carboxylic acids is 1. The van der Waals surface area contributed by atoms with Crippen LogP contribution in [0.4, 0.5) is 0 Å². The van der Waals surface area contributed by atoms with Gasteiger partial charge in [0.15, 0.2) is 5.78 Å². The Bertz CT molecular complexity index is 654. The number of carbonyl (C=O) groups is 1. The van der Waals surface area contributed by atoms with Gasteiger partial charge in [-0.15, -0.1) is 0 Å². The number of rotatable bonds is 1. The second kappa shape index (κ2) is 5.95. The van der Waals surface area contributed by atoms with Gasteiger partial charge in [-0.2, -0.15) is 0 Å². The van der Waals surface area contributed by atoms with Crippen LogP contribution >= 0.6 is 0 Å². The van der Waals surface area contributed by atoms with Gasteiger partial charge < -0.3 is 9.88 Å². The summed E-state index contributed by atoms with van der Waals surface area (Å²) in [5.41, 5.74) is 2.08. The molecule has 1 spiro atoms. The molecule has 140 valence electrons. The summed E-state index contributed by atoms with van der Waals surface area (Å²) in [6.07, 6.45) is 2.20. The molecule has 4 heteroatoms. The van der Waals surface area contributed by atoms with Crippen LogP contribution in [0, 0.1) is 10.8 Å². The molecule has 1 fully saturated rings. The molecule has 1 N–H and O–H groups in total. The summed E-state index contributed by atoms with van der Waals surface area (Å²) >= 11 is 0. The van der Waals surface area contributed by atoms with Gasteiger partial charge in [0.1, 0.15) is 0 Å². The predicted octanol–water partition coefficient (Wildman–Crippen LogP) is 3.66. The highest BCUT2D eigenvalue weighted by atomic mass is 16.1. The number of aromatic nitrogens is 1. The average Bonchev–Trinajstić information content (AvgIpc) is 2.93. The standard InChI is InChI=1S/C21H35N3O/c1-19(2,3)17-14-24-15(18(25)20(4,5)6)8-9-16(24)21(23(17)7)10-12-22-13-11-21/h8-9,17,22H,10-14H2,1-7H3. The number of fused-ring (bicyclic) bond motifs is 2. The summed E-state index contributed by atoms with van der Waals surface area (Å²) in [7, 11) is 2.29. The molecule has 4 nitrogen and oxygen atoms in total. The van der Waals surface area contributed by atoms with Crippen molar-refractivity contribution in [3.8, 4) is 0 Å². The summed E-state index contributed by atoms with van der Waals surface area (Å²) in [4.78, 5) is 15.7. The van der Waals surface area contributed by atoms with E-state index in [1.54, 1.807) is 0 Å². The van der Waals surface area contributed by atoms with Crippen LogP contribution in [0.1, 0.15) is 70.6 Å². The number of likely N-dealkylation sites (N-methyl/N-ethyl adjacent to an activating group) is 1. The zero-order valence-electron chi connectivity index (χ0n) is 17.1. The van der Waals surface area contributed by atoms with Gasteiger partial charge in [-0.1, -0.05) is 41.5 Å². The fraction of sp³-hybridized carbons (Fsp3) is 0.762. The Hall–Kier alpha value is -1.13. The molecule has 0 amide bonds. The SMILES string of the molecule is CN1C(C(C)(C)C)Cn2c(C(=O)C(C)(C)C)ccc2C12CCNCC2. The minimum absolute atomic E-state index is 0.0395. The van der Waals surface area contributed by atoms with E-state index in [1.807, 2.05) is 20.8 Å². The van der Waals surface area contributed by atoms with Gasteiger partial charge in [0.2, 0.25) is 0 Å². The van der Waals surface area contributed by atoms with E-state index < -0.39 is 0 Å². The van der Waals surface area contributed by atoms with E-state index in [2.05, 4.69) is 54.7 Å². The Kier molecular flexibility index (Phi) is 4.44. The van der Waals surface area contributed by atoms with E-state index in [-0.39, 0.29) is 22.2 Å². The van der Waals surface area contributed by atoms with Crippen molar-refractivity contribution in [2.75, 3.05) is 20.1 Å². The van der Waals surface area contributed by atoms with Gasteiger partial charge in [0, 0.05) is 23.7 Å². The zero-order chi connectivity index (χ0) is 18.6. The molecule has 0 bridgehead atoms. The van der Waals surface area contributed by atoms with Crippen LogP contribution in [0.15, 0.2) is 12.1 Å². The first kappa shape index (κ1) is 18.7. The van der Waals surface area contributed by atoms with Crippen molar-refractivity contribution in [1.29, 1.82) is 0 Å². The topological polar surface area (TPSA) is 37.3 Å². The van der Waals surface area contributed by atoms with Crippen LogP contribution < -0.4 is 5.32 Å². The van der Waals surface area contributed by atoms with Crippen molar-refractivity contribution in [2.45, 2.75) is 72.5 Å². The molecule has 25 heavy (non-hydrogen) atoms. The summed E-state index contributed by atoms with van der Waals surface area (Å²) in [6, 6.07) is 4.71. The largest absolute Gasteiger partial charge is 0.339 e. The lowest BCUT2D eigenvalue weighted by Gasteiger charge is -2.55. The van der Waals surface area contributed by atoms with E-state index >= 15 is 0 Å². The molecule has 3 heterocycles. The van der Waals surface area contributed by atoms with Gasteiger partial charge >= 0.3 is 0 Å². The Labute approximate surface area is 153 Å².